The molecular formula is C27H51N3O12S2. The molecule has 258 valence electrons. The van der Waals surface area contributed by atoms with Crippen LogP contribution in [0, 0.1) is 0 Å². The van der Waals surface area contributed by atoms with E-state index in [1.54, 1.807) is 0 Å². The molecule has 0 aromatic rings. The van der Waals surface area contributed by atoms with E-state index in [2.05, 4.69) is 20.1 Å². The zero-order chi connectivity index (χ0) is 31.7. The summed E-state index contributed by atoms with van der Waals surface area (Å²) in [5.74, 6) is 0.992. The maximum absolute atomic E-state index is 12.0. The highest BCUT2D eigenvalue weighted by Crippen LogP contribution is 2.33. The largest absolute Gasteiger partial charge is 0.377 e. The van der Waals surface area contributed by atoms with Crippen LogP contribution in [0.25, 0.3) is 0 Å². The number of fused-ring (bicyclic) bond motifs is 1. The van der Waals surface area contributed by atoms with Gasteiger partial charge >= 0.3 is 6.03 Å². The third-order valence-electron chi connectivity index (χ3n) is 6.41. The average molecular weight is 674 g/mol. The Hall–Kier alpha value is -1.28. The molecule has 3 atom stereocenters. The summed E-state index contributed by atoms with van der Waals surface area (Å²) in [6.45, 7) is 6.39. The first kappa shape index (κ1) is 38.9. The van der Waals surface area contributed by atoms with E-state index in [4.69, 9.17) is 33.2 Å². The van der Waals surface area contributed by atoms with Gasteiger partial charge in [0.25, 0.3) is 10.1 Å². The molecule has 2 fully saturated rings. The first-order valence-corrected chi connectivity index (χ1v) is 18.1. The predicted molar refractivity (Wildman–Crippen MR) is 163 cm³/mol. The lowest BCUT2D eigenvalue weighted by atomic mass is 10.0. The van der Waals surface area contributed by atoms with Crippen LogP contribution < -0.4 is 16.0 Å². The Morgan fingerprint density at radius 2 is 1.23 bits per heavy atom. The van der Waals surface area contributed by atoms with Crippen LogP contribution >= 0.6 is 11.8 Å². The fourth-order valence-corrected chi connectivity index (χ4v) is 6.21. The van der Waals surface area contributed by atoms with Gasteiger partial charge in [0.2, 0.25) is 5.91 Å². The summed E-state index contributed by atoms with van der Waals surface area (Å²) in [7, 11) is -3.43. The molecule has 0 aromatic heterocycles. The molecule has 17 heteroatoms. The Balaban J connectivity index is 1.19. The number of amides is 3. The number of nitrogens with one attached hydrogen (secondary N) is 3. The number of hydrogen-bond acceptors (Lipinski definition) is 13. The van der Waals surface area contributed by atoms with Gasteiger partial charge < -0.3 is 49.1 Å². The predicted octanol–water partition coefficient (Wildman–Crippen LogP) is -0.0792. The lowest BCUT2D eigenvalue weighted by Crippen LogP contribution is -2.36. The first-order valence-electron chi connectivity index (χ1n) is 15.2. The summed E-state index contributed by atoms with van der Waals surface area (Å²) >= 11 is 1.90. The molecule has 2 heterocycles. The SMILES string of the molecule is CS(=O)(=O)OCCOCCOCCOCCOCCOCCOCCOCCNC(=O)CCCC[C@@H]1SC[C@@H]2NC(=O)N[C@@H]21. The topological polar surface area (TPSA) is 178 Å². The summed E-state index contributed by atoms with van der Waals surface area (Å²) < 4.78 is 63.8. The second-order valence-corrected chi connectivity index (χ2v) is 12.9. The van der Waals surface area contributed by atoms with Crippen molar-refractivity contribution >= 4 is 33.8 Å². The van der Waals surface area contributed by atoms with Crippen LogP contribution in [0.3, 0.4) is 0 Å². The van der Waals surface area contributed by atoms with Crippen molar-refractivity contribution in [2.45, 2.75) is 43.0 Å². The highest BCUT2D eigenvalue weighted by Gasteiger charge is 2.42. The minimum atomic E-state index is -3.43. The normalized spacial score (nSPS) is 19.6. The van der Waals surface area contributed by atoms with Gasteiger partial charge in [-0.05, 0) is 12.8 Å². The monoisotopic (exact) mass is 673 g/mol. The van der Waals surface area contributed by atoms with Crippen molar-refractivity contribution in [3.05, 3.63) is 0 Å². The molecule has 0 unspecified atom stereocenters. The van der Waals surface area contributed by atoms with Gasteiger partial charge in [-0.1, -0.05) is 6.42 Å². The van der Waals surface area contributed by atoms with Crippen LogP contribution in [-0.4, -0.2) is 155 Å². The van der Waals surface area contributed by atoms with Gasteiger partial charge in [-0.25, -0.2) is 4.79 Å². The second-order valence-electron chi connectivity index (χ2n) is 10.0. The number of rotatable bonds is 30. The van der Waals surface area contributed by atoms with E-state index in [0.717, 1.165) is 31.3 Å². The van der Waals surface area contributed by atoms with Gasteiger partial charge in [0.05, 0.1) is 117 Å². The fraction of sp³-hybridized carbons (Fsp3) is 0.926. The van der Waals surface area contributed by atoms with Crippen molar-refractivity contribution in [3.8, 4) is 0 Å². The average Bonchev–Trinajstić information content (AvgIpc) is 3.53. The van der Waals surface area contributed by atoms with Crippen molar-refractivity contribution in [2.24, 2.45) is 0 Å². The molecule has 2 rings (SSSR count). The van der Waals surface area contributed by atoms with Crippen molar-refractivity contribution in [3.63, 3.8) is 0 Å². The molecule has 2 aliphatic rings. The Morgan fingerprint density at radius 3 is 1.73 bits per heavy atom. The van der Waals surface area contributed by atoms with E-state index >= 15 is 0 Å². The van der Waals surface area contributed by atoms with E-state index in [-0.39, 0.29) is 37.2 Å². The first-order chi connectivity index (χ1) is 21.3. The molecule has 3 amide bonds. The van der Waals surface area contributed by atoms with Crippen molar-refractivity contribution in [1.82, 2.24) is 16.0 Å². The molecule has 0 spiro atoms. The minimum Gasteiger partial charge on any atom is -0.377 e. The van der Waals surface area contributed by atoms with E-state index in [0.29, 0.717) is 104 Å². The summed E-state index contributed by atoms with van der Waals surface area (Å²) in [6.07, 6.45) is 4.31. The number of urea groups is 1. The number of hydrogen-bond donors (Lipinski definition) is 3. The van der Waals surface area contributed by atoms with E-state index in [1.165, 1.54) is 0 Å². The molecule has 0 saturated carbocycles. The molecule has 2 aliphatic heterocycles. The second kappa shape index (κ2) is 24.9. The molecule has 0 bridgehead atoms. The summed E-state index contributed by atoms with van der Waals surface area (Å²) in [6, 6.07) is 0.397. The number of unbranched alkanes of at least 4 members (excludes halogenated alkanes) is 1. The van der Waals surface area contributed by atoms with Gasteiger partial charge in [-0.15, -0.1) is 0 Å². The van der Waals surface area contributed by atoms with Crippen LogP contribution in [0.2, 0.25) is 0 Å². The third kappa shape index (κ3) is 20.7. The third-order valence-corrected chi connectivity index (χ3v) is 8.51. The quantitative estimate of drug-likeness (QED) is 0.0525. The van der Waals surface area contributed by atoms with Gasteiger partial charge in [0.15, 0.2) is 0 Å². The Labute approximate surface area is 265 Å². The number of ether oxygens (including phenoxy) is 7. The number of carbonyl (C=O) groups is 2. The smallest absolute Gasteiger partial charge is 0.315 e. The van der Waals surface area contributed by atoms with Crippen molar-refractivity contribution in [2.75, 3.05) is 118 Å². The highest BCUT2D eigenvalue weighted by molar-refractivity contribution is 8.00. The van der Waals surface area contributed by atoms with Crippen LogP contribution in [-0.2, 0) is 52.3 Å². The standard InChI is InChI=1S/C27H51N3O12S2/c1-44(33,34)42-21-20-41-19-18-40-17-16-39-15-14-38-13-12-37-11-10-36-9-8-35-7-6-28-25(31)5-3-2-4-24-26-23(22-43-24)29-27(32)30-26/h23-24,26H,2-22H2,1H3,(H,28,31)(H2,29,30,32)/t23-,24-,26-/m0/s1. The maximum Gasteiger partial charge on any atom is 0.315 e. The molecule has 3 N–H and O–H groups in total. The number of thioether (sulfide) groups is 1. The van der Waals surface area contributed by atoms with Crippen LogP contribution in [0.4, 0.5) is 4.79 Å². The molecule has 0 radical (unpaired) electrons. The highest BCUT2D eigenvalue weighted by atomic mass is 32.2. The summed E-state index contributed by atoms with van der Waals surface area (Å²) in [5, 5.41) is 9.25. The Morgan fingerprint density at radius 1 is 0.750 bits per heavy atom. The molecule has 0 aliphatic carbocycles. The molecule has 0 aromatic carbocycles. The van der Waals surface area contributed by atoms with Crippen LogP contribution in [0.5, 0.6) is 0 Å². The summed E-state index contributed by atoms with van der Waals surface area (Å²) in [5.41, 5.74) is 0. The van der Waals surface area contributed by atoms with Gasteiger partial charge in [0.1, 0.15) is 0 Å². The minimum absolute atomic E-state index is 0.00666. The van der Waals surface area contributed by atoms with E-state index in [9.17, 15) is 18.0 Å². The van der Waals surface area contributed by atoms with E-state index in [1.807, 2.05) is 11.8 Å². The van der Waals surface area contributed by atoms with E-state index < -0.39 is 10.1 Å². The van der Waals surface area contributed by atoms with Gasteiger partial charge in [-0.2, -0.15) is 20.2 Å². The lowest BCUT2D eigenvalue weighted by Gasteiger charge is -2.16. The molecular weight excluding hydrogens is 622 g/mol. The maximum atomic E-state index is 12.0. The Kier molecular flexibility index (Phi) is 22.0. The van der Waals surface area contributed by atoms with Crippen molar-refractivity contribution in [1.29, 1.82) is 0 Å². The zero-order valence-electron chi connectivity index (χ0n) is 25.8. The van der Waals surface area contributed by atoms with Gasteiger partial charge in [0, 0.05) is 24.0 Å². The number of carbonyl (C=O) groups excluding carboxylic acids is 2. The van der Waals surface area contributed by atoms with Crippen LogP contribution in [0.1, 0.15) is 25.7 Å². The Bertz CT molecular complexity index is 871. The summed E-state index contributed by atoms with van der Waals surface area (Å²) in [4.78, 5) is 23.4. The molecule has 2 saturated heterocycles. The van der Waals surface area contributed by atoms with Crippen molar-refractivity contribution < 1.29 is 55.3 Å². The van der Waals surface area contributed by atoms with Crippen LogP contribution in [0.15, 0.2) is 0 Å². The molecule has 15 nitrogen and oxygen atoms in total. The zero-order valence-corrected chi connectivity index (χ0v) is 27.4. The lowest BCUT2D eigenvalue weighted by molar-refractivity contribution is -0.121. The fourth-order valence-electron chi connectivity index (χ4n) is 4.29. The van der Waals surface area contributed by atoms with Gasteiger partial charge in [-0.3, -0.25) is 8.98 Å². The molecule has 44 heavy (non-hydrogen) atoms.